The van der Waals surface area contributed by atoms with Crippen molar-refractivity contribution in [1.82, 2.24) is 15.0 Å². The van der Waals surface area contributed by atoms with E-state index in [9.17, 15) is 0 Å². The summed E-state index contributed by atoms with van der Waals surface area (Å²) in [6.07, 6.45) is 3.58. The number of aromatic amines is 1. The first-order valence-electron chi connectivity index (χ1n) is 5.39. The van der Waals surface area contributed by atoms with Crippen LogP contribution in [0.1, 0.15) is 24.4 Å². The van der Waals surface area contributed by atoms with Gasteiger partial charge in [-0.25, -0.2) is 4.98 Å². The normalized spacial score (nSPS) is 12.7. The Morgan fingerprint density at radius 2 is 2.31 bits per heavy atom. The predicted octanol–water partition coefficient (Wildman–Crippen LogP) is 1.84. The maximum absolute atomic E-state index is 5.63. The van der Waals surface area contributed by atoms with Crippen molar-refractivity contribution in [2.75, 3.05) is 6.54 Å². The molecule has 2 rings (SSSR count). The van der Waals surface area contributed by atoms with Gasteiger partial charge in [0.2, 0.25) is 0 Å². The van der Waals surface area contributed by atoms with Crippen LogP contribution in [0.5, 0.6) is 0 Å². The van der Waals surface area contributed by atoms with Gasteiger partial charge in [0.05, 0.1) is 5.69 Å². The molecule has 0 aliphatic carbocycles. The summed E-state index contributed by atoms with van der Waals surface area (Å²) in [5.74, 6) is 1.20. The van der Waals surface area contributed by atoms with Crippen LogP contribution in [0.4, 0.5) is 0 Å². The molecule has 0 bridgehead atoms. The number of hydrogen-bond acceptors (Lipinski definition) is 3. The SMILES string of the molecule is Cc1[nH]c(C(C)CN)nc1-c1cccnc1. The first-order chi connectivity index (χ1) is 7.72. The lowest BCUT2D eigenvalue weighted by molar-refractivity contribution is 0.723. The number of nitrogens with one attached hydrogen (secondary N) is 1. The summed E-state index contributed by atoms with van der Waals surface area (Å²) in [6, 6.07) is 3.92. The topological polar surface area (TPSA) is 67.6 Å². The fourth-order valence-electron chi connectivity index (χ4n) is 1.61. The van der Waals surface area contributed by atoms with E-state index < -0.39 is 0 Å². The van der Waals surface area contributed by atoms with E-state index in [0.29, 0.717) is 6.54 Å². The van der Waals surface area contributed by atoms with Gasteiger partial charge in [-0.2, -0.15) is 0 Å². The Labute approximate surface area is 94.9 Å². The molecule has 0 fully saturated rings. The summed E-state index contributed by atoms with van der Waals surface area (Å²) < 4.78 is 0. The van der Waals surface area contributed by atoms with Gasteiger partial charge < -0.3 is 10.7 Å². The van der Waals surface area contributed by atoms with Crippen LogP contribution in [0.25, 0.3) is 11.3 Å². The van der Waals surface area contributed by atoms with E-state index in [2.05, 4.69) is 21.9 Å². The fraction of sp³-hybridized carbons (Fsp3) is 0.333. The summed E-state index contributed by atoms with van der Waals surface area (Å²) >= 11 is 0. The summed E-state index contributed by atoms with van der Waals surface area (Å²) in [4.78, 5) is 11.9. The van der Waals surface area contributed by atoms with Crippen molar-refractivity contribution in [3.8, 4) is 11.3 Å². The van der Waals surface area contributed by atoms with Crippen LogP contribution < -0.4 is 5.73 Å². The highest BCUT2D eigenvalue weighted by atomic mass is 14.9. The minimum Gasteiger partial charge on any atom is -0.345 e. The van der Waals surface area contributed by atoms with Crippen LogP contribution in [-0.4, -0.2) is 21.5 Å². The van der Waals surface area contributed by atoms with Crippen molar-refractivity contribution in [1.29, 1.82) is 0 Å². The molecule has 4 nitrogen and oxygen atoms in total. The highest BCUT2D eigenvalue weighted by molar-refractivity contribution is 5.60. The molecule has 2 heterocycles. The van der Waals surface area contributed by atoms with Gasteiger partial charge >= 0.3 is 0 Å². The maximum atomic E-state index is 5.63. The minimum atomic E-state index is 0.254. The number of aromatic nitrogens is 3. The smallest absolute Gasteiger partial charge is 0.111 e. The molecule has 1 unspecified atom stereocenters. The van der Waals surface area contributed by atoms with Crippen molar-refractivity contribution in [2.24, 2.45) is 5.73 Å². The molecule has 0 aliphatic rings. The number of nitrogens with zero attached hydrogens (tertiary/aromatic N) is 2. The minimum absolute atomic E-state index is 0.254. The lowest BCUT2D eigenvalue weighted by atomic mass is 10.2. The van der Waals surface area contributed by atoms with Gasteiger partial charge in [-0.3, -0.25) is 4.98 Å². The molecule has 16 heavy (non-hydrogen) atoms. The summed E-state index contributed by atoms with van der Waals surface area (Å²) in [5, 5.41) is 0. The molecule has 0 aliphatic heterocycles. The number of rotatable bonds is 3. The molecule has 0 amide bonds. The third kappa shape index (κ3) is 1.97. The van der Waals surface area contributed by atoms with Gasteiger partial charge in [0.1, 0.15) is 5.82 Å². The molecule has 1 atom stereocenters. The van der Waals surface area contributed by atoms with E-state index in [1.165, 1.54) is 0 Å². The number of pyridine rings is 1. The molecule has 2 aromatic heterocycles. The molecule has 0 saturated carbocycles. The van der Waals surface area contributed by atoms with E-state index in [4.69, 9.17) is 5.73 Å². The highest BCUT2D eigenvalue weighted by Crippen LogP contribution is 2.22. The molecule has 0 spiro atoms. The van der Waals surface area contributed by atoms with Crippen LogP contribution in [0.3, 0.4) is 0 Å². The van der Waals surface area contributed by atoms with Crippen molar-refractivity contribution >= 4 is 0 Å². The van der Waals surface area contributed by atoms with Crippen molar-refractivity contribution in [3.63, 3.8) is 0 Å². The Morgan fingerprint density at radius 3 is 2.94 bits per heavy atom. The van der Waals surface area contributed by atoms with Crippen molar-refractivity contribution < 1.29 is 0 Å². The molecule has 0 aromatic carbocycles. The Bertz CT molecular complexity index is 461. The van der Waals surface area contributed by atoms with Crippen molar-refractivity contribution in [3.05, 3.63) is 36.0 Å². The van der Waals surface area contributed by atoms with E-state index in [-0.39, 0.29) is 5.92 Å². The second-order valence-corrected chi connectivity index (χ2v) is 3.97. The lowest BCUT2D eigenvalue weighted by Gasteiger charge is -2.02. The van der Waals surface area contributed by atoms with E-state index in [1.807, 2.05) is 25.3 Å². The maximum Gasteiger partial charge on any atom is 0.111 e. The lowest BCUT2D eigenvalue weighted by Crippen LogP contribution is -2.10. The number of nitrogens with two attached hydrogens (primary N) is 1. The first kappa shape index (κ1) is 10.8. The average Bonchev–Trinajstić information content (AvgIpc) is 2.71. The van der Waals surface area contributed by atoms with E-state index in [0.717, 1.165) is 22.8 Å². The van der Waals surface area contributed by atoms with Crippen LogP contribution in [0, 0.1) is 6.92 Å². The second kappa shape index (κ2) is 4.45. The molecular weight excluding hydrogens is 200 g/mol. The zero-order valence-corrected chi connectivity index (χ0v) is 9.57. The van der Waals surface area contributed by atoms with Crippen molar-refractivity contribution in [2.45, 2.75) is 19.8 Å². The van der Waals surface area contributed by atoms with E-state index >= 15 is 0 Å². The predicted molar refractivity (Wildman–Crippen MR) is 64.0 cm³/mol. The fourth-order valence-corrected chi connectivity index (χ4v) is 1.61. The van der Waals surface area contributed by atoms with Crippen LogP contribution in [0.15, 0.2) is 24.5 Å². The Balaban J connectivity index is 2.40. The van der Waals surface area contributed by atoms with Gasteiger partial charge in [-0.1, -0.05) is 6.92 Å². The standard InChI is InChI=1S/C12H16N4/c1-8(6-13)12-15-9(2)11(16-12)10-4-3-5-14-7-10/h3-5,7-8H,6,13H2,1-2H3,(H,15,16). The van der Waals surface area contributed by atoms with Gasteiger partial charge in [0.25, 0.3) is 0 Å². The number of imidazole rings is 1. The van der Waals surface area contributed by atoms with Crippen LogP contribution >= 0.6 is 0 Å². The molecule has 0 saturated heterocycles. The Hall–Kier alpha value is -1.68. The third-order valence-electron chi connectivity index (χ3n) is 2.66. The molecule has 2 aromatic rings. The number of aryl methyl sites for hydroxylation is 1. The zero-order chi connectivity index (χ0) is 11.5. The van der Waals surface area contributed by atoms with Crippen LogP contribution in [-0.2, 0) is 0 Å². The second-order valence-electron chi connectivity index (χ2n) is 3.97. The summed E-state index contributed by atoms with van der Waals surface area (Å²) in [7, 11) is 0. The molecular formula is C12H16N4. The largest absolute Gasteiger partial charge is 0.345 e. The molecule has 0 radical (unpaired) electrons. The highest BCUT2D eigenvalue weighted by Gasteiger charge is 2.12. The third-order valence-corrected chi connectivity index (χ3v) is 2.66. The monoisotopic (exact) mass is 216 g/mol. The van der Waals surface area contributed by atoms with Gasteiger partial charge in [-0.15, -0.1) is 0 Å². The first-order valence-corrected chi connectivity index (χ1v) is 5.39. The van der Waals surface area contributed by atoms with Gasteiger partial charge in [-0.05, 0) is 19.1 Å². The van der Waals surface area contributed by atoms with Gasteiger partial charge in [0, 0.05) is 36.1 Å². The average molecular weight is 216 g/mol. The summed E-state index contributed by atoms with van der Waals surface area (Å²) in [6.45, 7) is 4.67. The molecule has 84 valence electrons. The number of hydrogen-bond donors (Lipinski definition) is 2. The number of H-pyrrole nitrogens is 1. The van der Waals surface area contributed by atoms with E-state index in [1.54, 1.807) is 6.20 Å². The zero-order valence-electron chi connectivity index (χ0n) is 9.57. The Morgan fingerprint density at radius 1 is 1.50 bits per heavy atom. The van der Waals surface area contributed by atoms with Crippen LogP contribution in [0.2, 0.25) is 0 Å². The molecule has 4 heteroatoms. The quantitative estimate of drug-likeness (QED) is 0.822. The van der Waals surface area contributed by atoms with Gasteiger partial charge in [0.15, 0.2) is 0 Å². The Kier molecular flexibility index (Phi) is 3.01. The summed E-state index contributed by atoms with van der Waals surface area (Å²) in [5.41, 5.74) is 8.68. The molecule has 3 N–H and O–H groups in total.